The van der Waals surface area contributed by atoms with Gasteiger partial charge in [-0.2, -0.15) is 26.3 Å². The molecule has 1 N–H and O–H groups in total. The molecule has 0 atom stereocenters. The molecule has 0 heterocycles. The summed E-state index contributed by atoms with van der Waals surface area (Å²) in [6.07, 6.45) is -9.34. The fourth-order valence-corrected chi connectivity index (χ4v) is 2.41. The van der Waals surface area contributed by atoms with Crippen LogP contribution in [0.3, 0.4) is 0 Å². The molecule has 26 heavy (non-hydrogen) atoms. The van der Waals surface area contributed by atoms with E-state index in [0.29, 0.717) is 6.07 Å². The lowest BCUT2D eigenvalue weighted by Gasteiger charge is -2.18. The average molecular weight is 375 g/mol. The molecule has 0 radical (unpaired) electrons. The van der Waals surface area contributed by atoms with Gasteiger partial charge in [0.05, 0.1) is 11.3 Å². The van der Waals surface area contributed by atoms with Gasteiger partial charge in [0.1, 0.15) is 0 Å². The summed E-state index contributed by atoms with van der Waals surface area (Å²) in [7, 11) is 0. The quantitative estimate of drug-likeness (QED) is 0.458. The minimum atomic E-state index is -5.33. The summed E-state index contributed by atoms with van der Waals surface area (Å²) in [6.45, 7) is 3.34. The van der Waals surface area contributed by atoms with E-state index in [1.807, 2.05) is 0 Å². The van der Waals surface area contributed by atoms with Crippen LogP contribution in [0.4, 0.5) is 32.0 Å². The maximum Gasteiger partial charge on any atom is 0.454 e. The molecule has 0 saturated carbocycles. The Bertz CT molecular complexity index is 883. The normalized spacial score (nSPS) is 12.1. The number of hydrogen-bond donors (Lipinski definition) is 1. The summed E-state index contributed by atoms with van der Waals surface area (Å²) in [5, 5.41) is 2.20. The van der Waals surface area contributed by atoms with Gasteiger partial charge in [-0.05, 0) is 11.5 Å². The van der Waals surface area contributed by atoms with Crippen LogP contribution in [0, 0.1) is 0 Å². The van der Waals surface area contributed by atoms with Gasteiger partial charge in [0.2, 0.25) is 0 Å². The minimum Gasteiger partial charge on any atom is -0.380 e. The van der Waals surface area contributed by atoms with Gasteiger partial charge in [-0.25, -0.2) is 0 Å². The molecule has 0 fully saturated rings. The fourth-order valence-electron chi connectivity index (χ4n) is 2.41. The van der Waals surface area contributed by atoms with E-state index in [4.69, 9.17) is 0 Å². The molecule has 138 valence electrons. The van der Waals surface area contributed by atoms with E-state index in [1.165, 1.54) is 24.3 Å². The Morgan fingerprint density at radius 1 is 0.923 bits per heavy atom. The van der Waals surface area contributed by atoms with Gasteiger partial charge in [-0.15, -0.1) is 6.58 Å². The number of carbonyl (C=O) groups excluding carboxylic acids is 2. The second-order valence-electron chi connectivity index (χ2n) is 5.22. The number of rotatable bonds is 5. The van der Waals surface area contributed by atoms with Crippen LogP contribution in [0.5, 0.6) is 0 Å². The number of halogens is 6. The molecule has 3 nitrogen and oxygen atoms in total. The summed E-state index contributed by atoms with van der Waals surface area (Å²) >= 11 is 0. The Labute approximate surface area is 143 Å². The predicted molar refractivity (Wildman–Crippen MR) is 83.4 cm³/mol. The van der Waals surface area contributed by atoms with Crippen molar-refractivity contribution in [1.82, 2.24) is 0 Å². The molecule has 0 aromatic heterocycles. The number of alkyl halides is 6. The van der Waals surface area contributed by atoms with Crippen molar-refractivity contribution in [2.75, 3.05) is 11.9 Å². The van der Waals surface area contributed by atoms with Gasteiger partial charge >= 0.3 is 12.4 Å². The molecule has 0 spiro atoms. The summed E-state index contributed by atoms with van der Waals surface area (Å²) in [6, 6.07) is 5.42. The number of Topliss-reactive ketones (excluding diaryl/α,β-unsaturated/α-hetero) is 2. The number of nitrogens with one attached hydrogen (secondary N) is 1. The number of anilines is 1. The van der Waals surface area contributed by atoms with Crippen LogP contribution in [-0.4, -0.2) is 30.5 Å². The zero-order chi connectivity index (χ0) is 19.7. The Morgan fingerprint density at radius 2 is 1.42 bits per heavy atom. The van der Waals surface area contributed by atoms with Crippen LogP contribution in [0.15, 0.2) is 43.0 Å². The third-order valence-electron chi connectivity index (χ3n) is 3.47. The van der Waals surface area contributed by atoms with Crippen molar-refractivity contribution in [2.24, 2.45) is 0 Å². The Kier molecular flexibility index (Phi) is 5.11. The highest BCUT2D eigenvalue weighted by molar-refractivity contribution is 6.19. The number of hydrogen-bond acceptors (Lipinski definition) is 3. The monoisotopic (exact) mass is 375 g/mol. The van der Waals surface area contributed by atoms with Crippen molar-refractivity contribution < 1.29 is 35.9 Å². The Morgan fingerprint density at radius 3 is 1.92 bits per heavy atom. The topological polar surface area (TPSA) is 46.2 Å². The molecule has 0 aliphatic rings. The third-order valence-corrected chi connectivity index (χ3v) is 3.47. The molecule has 9 heteroatoms. The number of fused-ring (bicyclic) bond motifs is 1. The summed E-state index contributed by atoms with van der Waals surface area (Å²) < 4.78 is 77.2. The highest BCUT2D eigenvalue weighted by Crippen LogP contribution is 2.36. The predicted octanol–water partition coefficient (Wildman–Crippen LogP) is 4.93. The zero-order valence-corrected chi connectivity index (χ0v) is 13.0. The van der Waals surface area contributed by atoms with Crippen molar-refractivity contribution in [3.63, 3.8) is 0 Å². The number of carbonyl (C=O) groups is 2. The summed E-state index contributed by atoms with van der Waals surface area (Å²) in [5.41, 5.74) is -2.41. The zero-order valence-electron chi connectivity index (χ0n) is 13.0. The number of benzene rings is 2. The first-order valence-corrected chi connectivity index (χ1v) is 7.12. The van der Waals surface area contributed by atoms with Crippen LogP contribution in [-0.2, 0) is 0 Å². The molecular weight excluding hydrogens is 364 g/mol. The molecule has 0 saturated heterocycles. The van der Waals surface area contributed by atoms with E-state index in [-0.39, 0.29) is 23.0 Å². The van der Waals surface area contributed by atoms with E-state index in [0.717, 1.165) is 6.07 Å². The highest BCUT2D eigenvalue weighted by atomic mass is 19.4. The van der Waals surface area contributed by atoms with Crippen molar-refractivity contribution in [3.8, 4) is 0 Å². The molecule has 0 amide bonds. The van der Waals surface area contributed by atoms with Gasteiger partial charge in [0, 0.05) is 17.5 Å². The van der Waals surface area contributed by atoms with E-state index >= 15 is 0 Å². The second kappa shape index (κ2) is 6.81. The molecule has 2 aromatic carbocycles. The standard InChI is InChI=1S/C17H11F6NO2/c1-2-7-24-13-10-6-4-3-5-9(10)11(14(25)16(18,19)20)8-12(13)15(26)17(21,22)23/h2-6,8,24H,1,7H2. The fraction of sp³-hybridized carbons (Fsp3) is 0.176. The van der Waals surface area contributed by atoms with Gasteiger partial charge in [0.15, 0.2) is 0 Å². The van der Waals surface area contributed by atoms with Crippen molar-refractivity contribution in [3.05, 3.63) is 54.1 Å². The molecular formula is C17H11F6NO2. The van der Waals surface area contributed by atoms with E-state index < -0.39 is 35.0 Å². The smallest absolute Gasteiger partial charge is 0.380 e. The van der Waals surface area contributed by atoms with E-state index in [1.54, 1.807) is 0 Å². The molecule has 2 rings (SSSR count). The molecule has 2 aromatic rings. The second-order valence-corrected chi connectivity index (χ2v) is 5.22. The first-order chi connectivity index (χ1) is 12.0. The van der Waals surface area contributed by atoms with Gasteiger partial charge in [-0.3, -0.25) is 9.59 Å². The van der Waals surface area contributed by atoms with Crippen molar-refractivity contribution in [2.45, 2.75) is 12.4 Å². The average Bonchev–Trinajstić information content (AvgIpc) is 2.56. The van der Waals surface area contributed by atoms with E-state index in [9.17, 15) is 35.9 Å². The largest absolute Gasteiger partial charge is 0.454 e. The highest BCUT2D eigenvalue weighted by Gasteiger charge is 2.44. The van der Waals surface area contributed by atoms with Crippen LogP contribution >= 0.6 is 0 Å². The van der Waals surface area contributed by atoms with Crippen LogP contribution in [0.2, 0.25) is 0 Å². The molecule has 0 unspecified atom stereocenters. The summed E-state index contributed by atoms with van der Waals surface area (Å²) in [4.78, 5) is 23.4. The Balaban J connectivity index is 2.88. The molecule has 0 aliphatic carbocycles. The Hall–Kier alpha value is -2.84. The van der Waals surface area contributed by atoms with E-state index in [2.05, 4.69) is 11.9 Å². The lowest BCUT2D eigenvalue weighted by molar-refractivity contribution is -0.0886. The van der Waals surface area contributed by atoms with Gasteiger partial charge < -0.3 is 5.32 Å². The summed E-state index contributed by atoms with van der Waals surface area (Å²) in [5.74, 6) is -4.69. The van der Waals surface area contributed by atoms with Crippen molar-refractivity contribution >= 4 is 28.0 Å². The lowest BCUT2D eigenvalue weighted by Crippen LogP contribution is -2.27. The molecule has 0 bridgehead atoms. The van der Waals surface area contributed by atoms with Crippen molar-refractivity contribution in [1.29, 1.82) is 0 Å². The minimum absolute atomic E-state index is 0.0469. The van der Waals surface area contributed by atoms with Crippen LogP contribution in [0.25, 0.3) is 10.8 Å². The van der Waals surface area contributed by atoms with Gasteiger partial charge in [-0.1, -0.05) is 30.3 Å². The maximum atomic E-state index is 12.9. The van der Waals surface area contributed by atoms with Gasteiger partial charge in [0.25, 0.3) is 11.6 Å². The first kappa shape index (κ1) is 19.5. The number of ketones is 2. The SMILES string of the molecule is C=CCNc1c(C(=O)C(F)(F)F)cc(C(=O)C(F)(F)F)c2ccccc12. The molecule has 0 aliphatic heterocycles. The van der Waals surface area contributed by atoms with Crippen LogP contribution < -0.4 is 5.32 Å². The third kappa shape index (κ3) is 3.71. The maximum absolute atomic E-state index is 12.9. The lowest BCUT2D eigenvalue weighted by atomic mass is 9.93. The first-order valence-electron chi connectivity index (χ1n) is 7.12. The van der Waals surface area contributed by atoms with Crippen LogP contribution in [0.1, 0.15) is 20.7 Å².